The van der Waals surface area contributed by atoms with Crippen LogP contribution in [-0.4, -0.2) is 21.3 Å². The summed E-state index contributed by atoms with van der Waals surface area (Å²) < 4.78 is 13.2. The summed E-state index contributed by atoms with van der Waals surface area (Å²) in [4.78, 5) is 13.7. The number of H-pyrrole nitrogens is 1. The Morgan fingerprint density at radius 1 is 1.08 bits per heavy atom. The van der Waals surface area contributed by atoms with Crippen LogP contribution < -0.4 is 5.32 Å². The largest absolute Gasteiger partial charge is 0.340 e. The first-order chi connectivity index (χ1) is 12.2. The average molecular weight is 352 g/mol. The number of hydrogen-bond donors (Lipinski definition) is 2. The molecule has 0 bridgehead atoms. The summed E-state index contributed by atoms with van der Waals surface area (Å²) in [5.41, 5.74) is 2.64. The molecule has 124 valence electrons. The highest BCUT2D eigenvalue weighted by Crippen LogP contribution is 2.27. The van der Waals surface area contributed by atoms with Gasteiger partial charge in [0.15, 0.2) is 0 Å². The second-order valence-corrected chi connectivity index (χ2v) is 6.48. The van der Waals surface area contributed by atoms with Crippen molar-refractivity contribution in [3.05, 3.63) is 81.8 Å². The molecule has 2 N–H and O–H groups in total. The lowest BCUT2D eigenvalue weighted by Crippen LogP contribution is -2.28. The summed E-state index contributed by atoms with van der Waals surface area (Å²) in [6, 6.07) is 14.8. The zero-order valence-electron chi connectivity index (χ0n) is 12.9. The van der Waals surface area contributed by atoms with Gasteiger partial charge in [-0.25, -0.2) is 4.39 Å². The van der Waals surface area contributed by atoms with Crippen LogP contribution in [0.4, 0.5) is 4.39 Å². The molecule has 0 aliphatic rings. The fourth-order valence-corrected chi connectivity index (χ4v) is 3.43. The highest BCUT2D eigenvalue weighted by Gasteiger charge is 2.19. The number of thiophene rings is 1. The number of halogens is 1. The van der Waals surface area contributed by atoms with Gasteiger partial charge in [-0.05, 0) is 47.3 Å². The molecule has 0 fully saturated rings. The van der Waals surface area contributed by atoms with Gasteiger partial charge >= 0.3 is 0 Å². The first-order valence-corrected chi connectivity index (χ1v) is 8.49. The summed E-state index contributed by atoms with van der Waals surface area (Å²) in [5.74, 6) is -0.538. The second kappa shape index (κ2) is 6.45. The number of aromatic nitrogens is 3. The van der Waals surface area contributed by atoms with Crippen molar-refractivity contribution in [2.45, 2.75) is 6.04 Å². The molecule has 0 spiro atoms. The molecule has 1 atom stereocenters. The normalized spacial score (nSPS) is 12.2. The molecule has 7 heteroatoms. The molecule has 0 aliphatic carbocycles. The number of amides is 1. The molecule has 4 aromatic rings. The van der Waals surface area contributed by atoms with E-state index in [0.29, 0.717) is 16.6 Å². The van der Waals surface area contributed by atoms with Crippen LogP contribution >= 0.6 is 11.3 Å². The Morgan fingerprint density at radius 3 is 2.64 bits per heavy atom. The Morgan fingerprint density at radius 2 is 1.88 bits per heavy atom. The third kappa shape index (κ3) is 3.14. The maximum absolute atomic E-state index is 13.2. The van der Waals surface area contributed by atoms with Gasteiger partial charge in [0.1, 0.15) is 16.9 Å². The maximum atomic E-state index is 13.2. The summed E-state index contributed by atoms with van der Waals surface area (Å²) in [7, 11) is 0. The van der Waals surface area contributed by atoms with Crippen molar-refractivity contribution >= 4 is 28.3 Å². The van der Waals surface area contributed by atoms with E-state index in [4.69, 9.17) is 0 Å². The standard InChI is InChI=1S/C18H13FN4OS/c19-13-6-3-11(4-7-13)17(16-2-1-9-25-16)20-18(24)12-5-8-14-15(10-12)22-23-21-14/h1-10,17H,(H,20,24)(H,21,22,23)/t17-/m1/s1. The molecule has 2 heterocycles. The molecular formula is C18H13FN4OS. The number of benzene rings is 2. The van der Waals surface area contributed by atoms with Crippen LogP contribution in [0.1, 0.15) is 26.8 Å². The summed E-state index contributed by atoms with van der Waals surface area (Å²) >= 11 is 1.54. The Kier molecular flexibility index (Phi) is 3.99. The number of nitrogens with zero attached hydrogens (tertiary/aromatic N) is 2. The van der Waals surface area contributed by atoms with E-state index in [2.05, 4.69) is 20.7 Å². The fraction of sp³-hybridized carbons (Fsp3) is 0.0556. The van der Waals surface area contributed by atoms with Crippen molar-refractivity contribution in [3.63, 3.8) is 0 Å². The molecule has 5 nitrogen and oxygen atoms in total. The molecule has 0 radical (unpaired) electrons. The Hall–Kier alpha value is -3.06. The van der Waals surface area contributed by atoms with E-state index in [0.717, 1.165) is 10.4 Å². The van der Waals surface area contributed by atoms with Crippen LogP contribution in [0.5, 0.6) is 0 Å². The quantitative estimate of drug-likeness (QED) is 0.589. The van der Waals surface area contributed by atoms with Gasteiger partial charge in [-0.3, -0.25) is 4.79 Å². The number of fused-ring (bicyclic) bond motifs is 1. The molecule has 1 amide bonds. The SMILES string of the molecule is O=C(N[C@H](c1ccc(F)cc1)c1cccs1)c1ccc2n[nH]nc2c1. The monoisotopic (exact) mass is 352 g/mol. The van der Waals surface area contributed by atoms with Gasteiger partial charge in [0.25, 0.3) is 5.91 Å². The van der Waals surface area contributed by atoms with Gasteiger partial charge in [-0.1, -0.05) is 18.2 Å². The summed E-state index contributed by atoms with van der Waals surface area (Å²) in [6.07, 6.45) is 0. The summed E-state index contributed by atoms with van der Waals surface area (Å²) in [5, 5.41) is 15.5. The fourth-order valence-electron chi connectivity index (χ4n) is 2.63. The van der Waals surface area contributed by atoms with Crippen LogP contribution in [0.2, 0.25) is 0 Å². The predicted octanol–water partition coefficient (Wildman–Crippen LogP) is 3.68. The third-order valence-electron chi connectivity index (χ3n) is 3.88. The van der Waals surface area contributed by atoms with E-state index in [-0.39, 0.29) is 17.8 Å². The van der Waals surface area contributed by atoms with Crippen molar-refractivity contribution in [2.75, 3.05) is 0 Å². The molecule has 0 aliphatic heterocycles. The van der Waals surface area contributed by atoms with Gasteiger partial charge in [-0.2, -0.15) is 15.4 Å². The first kappa shape index (κ1) is 15.5. The van der Waals surface area contributed by atoms with E-state index in [1.54, 1.807) is 30.3 Å². The van der Waals surface area contributed by atoms with Crippen molar-refractivity contribution in [3.8, 4) is 0 Å². The zero-order valence-corrected chi connectivity index (χ0v) is 13.8. The Balaban J connectivity index is 1.65. The van der Waals surface area contributed by atoms with Crippen LogP contribution in [0.3, 0.4) is 0 Å². The van der Waals surface area contributed by atoms with Gasteiger partial charge < -0.3 is 5.32 Å². The second-order valence-electron chi connectivity index (χ2n) is 5.50. The topological polar surface area (TPSA) is 70.7 Å². The van der Waals surface area contributed by atoms with Gasteiger partial charge in [0.2, 0.25) is 0 Å². The van der Waals surface area contributed by atoms with Crippen molar-refractivity contribution in [1.29, 1.82) is 0 Å². The van der Waals surface area contributed by atoms with Crippen LogP contribution in [0.15, 0.2) is 60.0 Å². The highest BCUT2D eigenvalue weighted by molar-refractivity contribution is 7.10. The van der Waals surface area contributed by atoms with Crippen molar-refractivity contribution < 1.29 is 9.18 Å². The maximum Gasteiger partial charge on any atom is 0.252 e. The molecule has 0 saturated carbocycles. The number of carbonyl (C=O) groups is 1. The minimum atomic E-state index is -0.346. The van der Waals surface area contributed by atoms with Crippen LogP contribution in [-0.2, 0) is 0 Å². The minimum absolute atomic E-state index is 0.229. The summed E-state index contributed by atoms with van der Waals surface area (Å²) in [6.45, 7) is 0. The number of rotatable bonds is 4. The third-order valence-corrected chi connectivity index (χ3v) is 4.82. The van der Waals surface area contributed by atoms with Gasteiger partial charge in [-0.15, -0.1) is 11.3 Å². The molecule has 0 unspecified atom stereocenters. The van der Waals surface area contributed by atoms with E-state index in [9.17, 15) is 9.18 Å². The predicted molar refractivity (Wildman–Crippen MR) is 93.9 cm³/mol. The molecular weight excluding hydrogens is 339 g/mol. The molecule has 4 rings (SSSR count). The lowest BCUT2D eigenvalue weighted by Gasteiger charge is -2.18. The average Bonchev–Trinajstić information content (AvgIpc) is 3.31. The van der Waals surface area contributed by atoms with Crippen molar-refractivity contribution in [1.82, 2.24) is 20.7 Å². The Labute approximate surface area is 146 Å². The van der Waals surface area contributed by atoms with Crippen molar-refractivity contribution in [2.24, 2.45) is 0 Å². The Bertz CT molecular complexity index is 1010. The number of hydrogen-bond acceptors (Lipinski definition) is 4. The smallest absolute Gasteiger partial charge is 0.252 e. The van der Waals surface area contributed by atoms with Gasteiger partial charge in [0.05, 0.1) is 6.04 Å². The van der Waals surface area contributed by atoms with Gasteiger partial charge in [0, 0.05) is 10.4 Å². The number of nitrogens with one attached hydrogen (secondary N) is 2. The van der Waals surface area contributed by atoms with Crippen LogP contribution in [0.25, 0.3) is 11.0 Å². The van der Waals surface area contributed by atoms with E-state index >= 15 is 0 Å². The molecule has 25 heavy (non-hydrogen) atoms. The van der Waals surface area contributed by atoms with E-state index < -0.39 is 0 Å². The van der Waals surface area contributed by atoms with E-state index in [1.165, 1.54) is 23.5 Å². The first-order valence-electron chi connectivity index (χ1n) is 7.61. The van der Waals surface area contributed by atoms with Crippen LogP contribution in [0, 0.1) is 5.82 Å². The molecule has 0 saturated heterocycles. The number of aromatic amines is 1. The molecule has 2 aromatic carbocycles. The minimum Gasteiger partial charge on any atom is -0.340 e. The highest BCUT2D eigenvalue weighted by atomic mass is 32.1. The lowest BCUT2D eigenvalue weighted by molar-refractivity contribution is 0.0943. The number of carbonyl (C=O) groups excluding carboxylic acids is 1. The lowest BCUT2D eigenvalue weighted by atomic mass is 10.0. The zero-order chi connectivity index (χ0) is 17.2. The molecule has 2 aromatic heterocycles. The van der Waals surface area contributed by atoms with E-state index in [1.807, 2.05) is 17.5 Å².